The molecule has 19 heavy (non-hydrogen) atoms. The van der Waals surface area contributed by atoms with E-state index in [2.05, 4.69) is 64.1 Å². The van der Waals surface area contributed by atoms with Crippen LogP contribution in [0.1, 0.15) is 58.9 Å². The van der Waals surface area contributed by atoms with E-state index in [1.54, 1.807) is 0 Å². The van der Waals surface area contributed by atoms with Crippen molar-refractivity contribution in [2.75, 3.05) is 0 Å². The van der Waals surface area contributed by atoms with Crippen LogP contribution in [-0.4, -0.2) is 5.60 Å². The molecule has 0 atom stereocenters. The smallest absolute Gasteiger partial charge is 0.120 e. The summed E-state index contributed by atoms with van der Waals surface area (Å²) in [7, 11) is 0. The number of hydrogen-bond donors (Lipinski definition) is 0. The number of hydrogen-bond acceptors (Lipinski definition) is 1. The molecular weight excluding hydrogens is 232 g/mol. The van der Waals surface area contributed by atoms with E-state index in [1.807, 2.05) is 0 Å². The van der Waals surface area contributed by atoms with E-state index in [1.165, 1.54) is 24.8 Å². The second-order valence-corrected chi connectivity index (χ2v) is 5.67. The summed E-state index contributed by atoms with van der Waals surface area (Å²) in [4.78, 5) is 0. The van der Waals surface area contributed by atoms with Gasteiger partial charge in [-0.2, -0.15) is 0 Å². The fourth-order valence-corrected chi connectivity index (χ4v) is 2.14. The molecule has 106 valence electrons. The average molecular weight is 260 g/mol. The number of allylic oxidation sites excluding steroid dienone is 2. The zero-order valence-corrected chi connectivity index (χ0v) is 12.9. The number of ether oxygens (including phenoxy) is 1. The van der Waals surface area contributed by atoms with Crippen LogP contribution in [0.5, 0.6) is 5.75 Å². The van der Waals surface area contributed by atoms with Gasteiger partial charge in [-0.25, -0.2) is 0 Å². The minimum atomic E-state index is -0.0797. The molecule has 0 radical (unpaired) electrons. The van der Waals surface area contributed by atoms with Crippen molar-refractivity contribution in [2.24, 2.45) is 0 Å². The fraction of sp³-hybridized carbons (Fsp3) is 0.556. The third-order valence-corrected chi connectivity index (χ3v) is 3.36. The molecule has 0 spiro atoms. The predicted molar refractivity (Wildman–Crippen MR) is 83.8 cm³/mol. The van der Waals surface area contributed by atoms with Gasteiger partial charge in [-0.05, 0) is 70.6 Å². The molecule has 0 bridgehead atoms. The van der Waals surface area contributed by atoms with Gasteiger partial charge in [-0.15, -0.1) is 0 Å². The zero-order valence-electron chi connectivity index (χ0n) is 12.9. The number of benzene rings is 1. The van der Waals surface area contributed by atoms with E-state index in [4.69, 9.17) is 4.74 Å². The Labute approximate surface area is 118 Å². The maximum atomic E-state index is 6.09. The summed E-state index contributed by atoms with van der Waals surface area (Å²) in [5.41, 5.74) is 1.28. The first-order chi connectivity index (χ1) is 9.07. The Morgan fingerprint density at radius 3 is 2.37 bits per heavy atom. The molecule has 0 saturated heterocycles. The summed E-state index contributed by atoms with van der Waals surface area (Å²) in [6, 6.07) is 8.47. The highest BCUT2D eigenvalue weighted by molar-refractivity contribution is 5.27. The minimum Gasteiger partial charge on any atom is -0.488 e. The lowest BCUT2D eigenvalue weighted by Crippen LogP contribution is -2.27. The second kappa shape index (κ2) is 8.04. The molecule has 0 heterocycles. The minimum absolute atomic E-state index is 0.0797. The van der Waals surface area contributed by atoms with Crippen LogP contribution in [-0.2, 0) is 6.42 Å². The van der Waals surface area contributed by atoms with E-state index in [9.17, 15) is 0 Å². The molecule has 1 rings (SSSR count). The highest BCUT2D eigenvalue weighted by Crippen LogP contribution is 2.23. The molecule has 0 aromatic heterocycles. The topological polar surface area (TPSA) is 9.23 Å². The van der Waals surface area contributed by atoms with Gasteiger partial charge in [0.25, 0.3) is 0 Å². The summed E-state index contributed by atoms with van der Waals surface area (Å²) in [5, 5.41) is 0. The predicted octanol–water partition coefficient (Wildman–Crippen LogP) is 5.54. The van der Waals surface area contributed by atoms with E-state index in [0.717, 1.165) is 18.6 Å². The third kappa shape index (κ3) is 6.47. The molecule has 1 nitrogen and oxygen atoms in total. The molecule has 1 aromatic carbocycles. The molecule has 0 aliphatic rings. The number of aryl methyl sites for hydroxylation is 1. The van der Waals surface area contributed by atoms with Crippen LogP contribution in [0.2, 0.25) is 0 Å². The zero-order chi connectivity index (χ0) is 14.1. The molecule has 0 saturated carbocycles. The molecule has 0 unspecified atom stereocenters. The number of rotatable bonds is 8. The Bertz CT molecular complexity index is 373. The van der Waals surface area contributed by atoms with Crippen molar-refractivity contribution in [1.29, 1.82) is 0 Å². The van der Waals surface area contributed by atoms with Gasteiger partial charge in [-0.1, -0.05) is 31.2 Å². The first-order valence-electron chi connectivity index (χ1n) is 7.46. The summed E-state index contributed by atoms with van der Waals surface area (Å²) in [6.45, 7) is 8.60. The summed E-state index contributed by atoms with van der Waals surface area (Å²) in [6.07, 6.45) is 10.2. The van der Waals surface area contributed by atoms with Crippen molar-refractivity contribution >= 4 is 0 Å². The summed E-state index contributed by atoms with van der Waals surface area (Å²) in [5.74, 6) is 0.982. The monoisotopic (exact) mass is 260 g/mol. The van der Waals surface area contributed by atoms with Crippen LogP contribution in [0.25, 0.3) is 0 Å². The molecule has 0 fully saturated rings. The van der Waals surface area contributed by atoms with Gasteiger partial charge in [0.2, 0.25) is 0 Å². The van der Waals surface area contributed by atoms with Crippen LogP contribution >= 0.6 is 0 Å². The van der Waals surface area contributed by atoms with Crippen LogP contribution < -0.4 is 4.74 Å². The molecule has 1 heteroatoms. The maximum Gasteiger partial charge on any atom is 0.120 e. The van der Waals surface area contributed by atoms with Gasteiger partial charge in [0.05, 0.1) is 0 Å². The Balaban J connectivity index is 2.39. The van der Waals surface area contributed by atoms with Gasteiger partial charge in [0, 0.05) is 0 Å². The second-order valence-electron chi connectivity index (χ2n) is 5.67. The standard InChI is InChI=1S/C18H28O/c1-5-7-8-9-10-15-18(3,4)19-17-13-11-16(6-2)12-14-17/h5,7,11-14H,6,8-10,15H2,1-4H3/b7-5+. The summed E-state index contributed by atoms with van der Waals surface area (Å²) < 4.78 is 6.09. The lowest BCUT2D eigenvalue weighted by atomic mass is 10.00. The Kier molecular flexibility index (Phi) is 6.69. The van der Waals surface area contributed by atoms with E-state index >= 15 is 0 Å². The van der Waals surface area contributed by atoms with Crippen LogP contribution in [0.15, 0.2) is 36.4 Å². The van der Waals surface area contributed by atoms with Gasteiger partial charge in [0.15, 0.2) is 0 Å². The van der Waals surface area contributed by atoms with Crippen LogP contribution in [0.3, 0.4) is 0 Å². The Hall–Kier alpha value is -1.24. The fourth-order valence-electron chi connectivity index (χ4n) is 2.14. The SMILES string of the molecule is C/C=C/CCCCC(C)(C)Oc1ccc(CC)cc1. The normalized spacial score (nSPS) is 12.0. The van der Waals surface area contributed by atoms with Crippen molar-refractivity contribution in [2.45, 2.75) is 65.4 Å². The van der Waals surface area contributed by atoms with Gasteiger partial charge >= 0.3 is 0 Å². The van der Waals surface area contributed by atoms with E-state index in [0.29, 0.717) is 0 Å². The lowest BCUT2D eigenvalue weighted by molar-refractivity contribution is 0.0964. The molecular formula is C18H28O. The van der Waals surface area contributed by atoms with Gasteiger partial charge in [-0.3, -0.25) is 0 Å². The Morgan fingerprint density at radius 2 is 1.79 bits per heavy atom. The largest absolute Gasteiger partial charge is 0.488 e. The quantitative estimate of drug-likeness (QED) is 0.440. The molecule has 1 aromatic rings. The lowest BCUT2D eigenvalue weighted by Gasteiger charge is -2.26. The molecule has 0 amide bonds. The molecule has 0 aliphatic heterocycles. The van der Waals surface area contributed by atoms with Crippen LogP contribution in [0, 0.1) is 0 Å². The Morgan fingerprint density at radius 1 is 1.11 bits per heavy atom. The third-order valence-electron chi connectivity index (χ3n) is 3.36. The number of unbranched alkanes of at least 4 members (excludes halogenated alkanes) is 2. The first-order valence-corrected chi connectivity index (χ1v) is 7.46. The van der Waals surface area contributed by atoms with E-state index < -0.39 is 0 Å². The highest BCUT2D eigenvalue weighted by Gasteiger charge is 2.18. The van der Waals surface area contributed by atoms with Gasteiger partial charge in [0.1, 0.15) is 11.4 Å². The van der Waals surface area contributed by atoms with Crippen molar-refractivity contribution < 1.29 is 4.74 Å². The van der Waals surface area contributed by atoms with Gasteiger partial charge < -0.3 is 4.74 Å². The van der Waals surface area contributed by atoms with Crippen molar-refractivity contribution in [3.63, 3.8) is 0 Å². The van der Waals surface area contributed by atoms with Crippen molar-refractivity contribution in [3.05, 3.63) is 42.0 Å². The van der Waals surface area contributed by atoms with E-state index in [-0.39, 0.29) is 5.60 Å². The first kappa shape index (κ1) is 15.8. The molecule has 0 aliphatic carbocycles. The van der Waals surface area contributed by atoms with Crippen molar-refractivity contribution in [1.82, 2.24) is 0 Å². The molecule has 0 N–H and O–H groups in total. The summed E-state index contributed by atoms with van der Waals surface area (Å²) >= 11 is 0. The average Bonchev–Trinajstić information content (AvgIpc) is 2.39. The van der Waals surface area contributed by atoms with Crippen LogP contribution in [0.4, 0.5) is 0 Å². The highest BCUT2D eigenvalue weighted by atomic mass is 16.5. The van der Waals surface area contributed by atoms with Crippen molar-refractivity contribution in [3.8, 4) is 5.75 Å². The maximum absolute atomic E-state index is 6.09.